The number of nitrogens with one attached hydrogen (secondary N) is 1. The molecule has 6 heteroatoms. The molecule has 1 heterocycles. The van der Waals surface area contributed by atoms with Gasteiger partial charge in [-0.25, -0.2) is 0 Å². The van der Waals surface area contributed by atoms with Crippen LogP contribution in [0.2, 0.25) is 0 Å². The Morgan fingerprint density at radius 2 is 2.25 bits per heavy atom. The van der Waals surface area contributed by atoms with Gasteiger partial charge in [0, 0.05) is 19.1 Å². The number of rotatable bonds is 5. The maximum atomic E-state index is 12.0. The molecule has 0 amide bonds. The molecule has 0 radical (unpaired) electrons. The summed E-state index contributed by atoms with van der Waals surface area (Å²) in [5.41, 5.74) is 0. The lowest BCUT2D eigenvalue weighted by Crippen LogP contribution is -2.49. The van der Waals surface area contributed by atoms with Crippen LogP contribution >= 0.6 is 0 Å². The third kappa shape index (κ3) is 3.69. The fraction of sp³-hybridized carbons (Fsp3) is 1.00. The van der Waals surface area contributed by atoms with E-state index in [-0.39, 0.29) is 12.6 Å². The van der Waals surface area contributed by atoms with Crippen LogP contribution in [-0.2, 0) is 10.2 Å². The predicted molar refractivity (Wildman–Crippen MR) is 63.2 cm³/mol. The van der Waals surface area contributed by atoms with Gasteiger partial charge in [0.25, 0.3) is 10.2 Å². The molecule has 16 heavy (non-hydrogen) atoms. The minimum Gasteiger partial charge on any atom is -0.395 e. The maximum Gasteiger partial charge on any atom is 0.279 e. The van der Waals surface area contributed by atoms with Crippen LogP contribution in [0, 0.1) is 5.92 Å². The van der Waals surface area contributed by atoms with E-state index in [1.54, 1.807) is 0 Å². The molecule has 0 aromatic rings. The van der Waals surface area contributed by atoms with Crippen LogP contribution in [0.25, 0.3) is 0 Å². The van der Waals surface area contributed by atoms with Crippen LogP contribution in [0.15, 0.2) is 0 Å². The highest BCUT2D eigenvalue weighted by Crippen LogP contribution is 2.17. The third-order valence-electron chi connectivity index (χ3n) is 2.99. The van der Waals surface area contributed by atoms with Gasteiger partial charge in [0.15, 0.2) is 0 Å². The third-order valence-corrected chi connectivity index (χ3v) is 4.63. The van der Waals surface area contributed by atoms with Crippen LogP contribution in [0.4, 0.5) is 0 Å². The molecular formula is C10H22N2O3S. The van der Waals surface area contributed by atoms with E-state index in [4.69, 9.17) is 5.11 Å². The van der Waals surface area contributed by atoms with Crippen molar-refractivity contribution in [1.29, 1.82) is 0 Å². The lowest BCUT2D eigenvalue weighted by Gasteiger charge is -2.31. The molecule has 2 N–H and O–H groups in total. The lowest BCUT2D eigenvalue weighted by atomic mass is 10.0. The van der Waals surface area contributed by atoms with Gasteiger partial charge in [-0.1, -0.05) is 13.8 Å². The summed E-state index contributed by atoms with van der Waals surface area (Å²) in [6.45, 7) is 4.92. The molecule has 1 aliphatic heterocycles. The van der Waals surface area contributed by atoms with Crippen LogP contribution in [0.1, 0.15) is 33.1 Å². The zero-order valence-electron chi connectivity index (χ0n) is 10.0. The molecule has 1 saturated heterocycles. The number of aliphatic hydroxyl groups is 1. The zero-order chi connectivity index (χ0) is 12.2. The Morgan fingerprint density at radius 1 is 1.56 bits per heavy atom. The summed E-state index contributed by atoms with van der Waals surface area (Å²) in [6, 6.07) is -0.373. The van der Waals surface area contributed by atoms with Gasteiger partial charge in [-0.2, -0.15) is 17.4 Å². The predicted octanol–water partition coefficient (Wildman–Crippen LogP) is 0.324. The normalized spacial score (nSPS) is 25.6. The highest BCUT2D eigenvalue weighted by atomic mass is 32.2. The highest BCUT2D eigenvalue weighted by Gasteiger charge is 2.28. The van der Waals surface area contributed by atoms with E-state index < -0.39 is 10.2 Å². The average Bonchev–Trinajstić information content (AvgIpc) is 2.26. The molecule has 1 rings (SSSR count). The molecule has 5 nitrogen and oxygen atoms in total. The van der Waals surface area contributed by atoms with Crippen LogP contribution < -0.4 is 4.72 Å². The Hall–Kier alpha value is -0.170. The van der Waals surface area contributed by atoms with Crippen molar-refractivity contribution in [1.82, 2.24) is 9.03 Å². The van der Waals surface area contributed by atoms with E-state index >= 15 is 0 Å². The van der Waals surface area contributed by atoms with Gasteiger partial charge in [0.05, 0.1) is 6.61 Å². The van der Waals surface area contributed by atoms with E-state index in [0.717, 1.165) is 12.8 Å². The van der Waals surface area contributed by atoms with Crippen molar-refractivity contribution in [3.63, 3.8) is 0 Å². The van der Waals surface area contributed by atoms with Crippen molar-refractivity contribution in [3.8, 4) is 0 Å². The Labute approximate surface area is 98.0 Å². The molecule has 0 saturated carbocycles. The number of nitrogens with zero attached hydrogens (tertiary/aromatic N) is 1. The fourth-order valence-electron chi connectivity index (χ4n) is 1.90. The zero-order valence-corrected chi connectivity index (χ0v) is 10.8. The van der Waals surface area contributed by atoms with E-state index in [1.165, 1.54) is 4.31 Å². The summed E-state index contributed by atoms with van der Waals surface area (Å²) < 4.78 is 27.9. The smallest absolute Gasteiger partial charge is 0.279 e. The largest absolute Gasteiger partial charge is 0.395 e. The van der Waals surface area contributed by atoms with E-state index in [2.05, 4.69) is 11.6 Å². The first kappa shape index (κ1) is 13.9. The van der Waals surface area contributed by atoms with Gasteiger partial charge < -0.3 is 5.11 Å². The second-order valence-electron chi connectivity index (χ2n) is 4.52. The van der Waals surface area contributed by atoms with Gasteiger partial charge in [-0.15, -0.1) is 0 Å². The summed E-state index contributed by atoms with van der Waals surface area (Å²) in [5, 5.41) is 8.99. The van der Waals surface area contributed by atoms with E-state index in [9.17, 15) is 8.42 Å². The van der Waals surface area contributed by atoms with Crippen LogP contribution in [0.3, 0.4) is 0 Å². The molecule has 2 atom stereocenters. The van der Waals surface area contributed by atoms with Gasteiger partial charge in [-0.3, -0.25) is 0 Å². The Bertz CT molecular complexity index is 301. The quantitative estimate of drug-likeness (QED) is 0.738. The minimum atomic E-state index is -3.42. The highest BCUT2D eigenvalue weighted by molar-refractivity contribution is 7.87. The van der Waals surface area contributed by atoms with Crippen molar-refractivity contribution in [2.24, 2.45) is 5.92 Å². The summed E-state index contributed by atoms with van der Waals surface area (Å²) in [7, 11) is -3.42. The summed E-state index contributed by atoms with van der Waals surface area (Å²) >= 11 is 0. The summed E-state index contributed by atoms with van der Waals surface area (Å²) in [6.07, 6.45) is 2.60. The lowest BCUT2D eigenvalue weighted by molar-refractivity contribution is 0.243. The number of aliphatic hydroxyl groups excluding tert-OH is 1. The first-order valence-electron chi connectivity index (χ1n) is 5.87. The Balaban J connectivity index is 2.62. The molecule has 96 valence electrons. The molecule has 1 fully saturated rings. The molecule has 0 aromatic heterocycles. The number of hydrogen-bond donors (Lipinski definition) is 2. The van der Waals surface area contributed by atoms with Crippen molar-refractivity contribution >= 4 is 10.2 Å². The maximum absolute atomic E-state index is 12.0. The number of piperidine rings is 1. The fourth-order valence-corrected chi connectivity index (χ4v) is 3.53. The molecule has 0 bridgehead atoms. The van der Waals surface area contributed by atoms with E-state index in [0.29, 0.717) is 25.4 Å². The van der Waals surface area contributed by atoms with Gasteiger partial charge in [0.2, 0.25) is 0 Å². The summed E-state index contributed by atoms with van der Waals surface area (Å²) in [4.78, 5) is 0. The first-order valence-corrected chi connectivity index (χ1v) is 7.31. The van der Waals surface area contributed by atoms with Crippen molar-refractivity contribution in [3.05, 3.63) is 0 Å². The molecule has 1 aliphatic rings. The first-order chi connectivity index (χ1) is 7.49. The SMILES string of the molecule is CC[C@H](CO)NS(=O)(=O)N1CCCC(C)C1. The molecule has 1 unspecified atom stereocenters. The van der Waals surface area contributed by atoms with E-state index in [1.807, 2.05) is 6.92 Å². The van der Waals surface area contributed by atoms with Crippen molar-refractivity contribution in [2.45, 2.75) is 39.2 Å². The number of hydrogen-bond acceptors (Lipinski definition) is 3. The minimum absolute atomic E-state index is 0.154. The second-order valence-corrected chi connectivity index (χ2v) is 6.22. The molecule has 0 aromatic carbocycles. The van der Waals surface area contributed by atoms with Crippen LogP contribution in [0.5, 0.6) is 0 Å². The monoisotopic (exact) mass is 250 g/mol. The Morgan fingerprint density at radius 3 is 2.75 bits per heavy atom. The molecule has 0 spiro atoms. The van der Waals surface area contributed by atoms with Gasteiger partial charge in [-0.05, 0) is 25.2 Å². The second kappa shape index (κ2) is 5.95. The topological polar surface area (TPSA) is 69.6 Å². The summed E-state index contributed by atoms with van der Waals surface area (Å²) in [5.74, 6) is 0.416. The van der Waals surface area contributed by atoms with Crippen molar-refractivity contribution in [2.75, 3.05) is 19.7 Å². The van der Waals surface area contributed by atoms with Crippen LogP contribution in [-0.4, -0.2) is 43.6 Å². The standard InChI is InChI=1S/C10H22N2O3S/c1-3-10(8-13)11-16(14,15)12-6-4-5-9(2)7-12/h9-11,13H,3-8H2,1-2H3/t9?,10-/m1/s1. The molecule has 0 aliphatic carbocycles. The van der Waals surface area contributed by atoms with Gasteiger partial charge in [0.1, 0.15) is 0 Å². The van der Waals surface area contributed by atoms with Crippen molar-refractivity contribution < 1.29 is 13.5 Å². The average molecular weight is 250 g/mol. The Kier molecular flexibility index (Phi) is 5.17. The van der Waals surface area contributed by atoms with Gasteiger partial charge >= 0.3 is 0 Å². The molecular weight excluding hydrogens is 228 g/mol.